The Bertz CT molecular complexity index is 1010. The summed E-state index contributed by atoms with van der Waals surface area (Å²) >= 11 is 0. The molecular formula is C14H12N4O4. The van der Waals surface area contributed by atoms with Crippen LogP contribution < -0.4 is 11.1 Å². The van der Waals surface area contributed by atoms with E-state index in [1.807, 2.05) is 0 Å². The van der Waals surface area contributed by atoms with Crippen LogP contribution in [-0.4, -0.2) is 19.3 Å². The quantitative estimate of drug-likeness (QED) is 0.568. The molecule has 0 atom stereocenters. The van der Waals surface area contributed by atoms with Crippen molar-refractivity contribution in [3.63, 3.8) is 0 Å². The Hall–Kier alpha value is -3.16. The maximum Gasteiger partial charge on any atom is 0.275 e. The topological polar surface area (TPSA) is 103 Å². The lowest BCUT2D eigenvalue weighted by atomic mass is 10.2. The van der Waals surface area contributed by atoms with Gasteiger partial charge in [0.15, 0.2) is 0 Å². The lowest BCUT2D eigenvalue weighted by Crippen LogP contribution is -2.21. The summed E-state index contributed by atoms with van der Waals surface area (Å²) in [6.07, 6.45) is 0. The summed E-state index contributed by atoms with van der Waals surface area (Å²) in [6, 6.07) is 6.94. The van der Waals surface area contributed by atoms with Crippen LogP contribution in [0.3, 0.4) is 0 Å². The fourth-order valence-corrected chi connectivity index (χ4v) is 2.53. The molecule has 0 aliphatic carbocycles. The molecule has 0 saturated heterocycles. The minimum atomic E-state index is -0.509. The highest BCUT2D eigenvalue weighted by atomic mass is 16.6. The highest BCUT2D eigenvalue weighted by Gasteiger charge is 2.14. The first-order chi connectivity index (χ1) is 10.4. The smallest absolute Gasteiger partial charge is 0.275 e. The number of fused-ring (bicyclic) bond motifs is 1. The first-order valence-corrected chi connectivity index (χ1v) is 6.46. The molecule has 0 bridgehead atoms. The molecule has 8 heteroatoms. The first kappa shape index (κ1) is 13.8. The largest absolute Gasteiger partial charge is 0.295 e. The number of aromatic amines is 1. The predicted molar refractivity (Wildman–Crippen MR) is 80.5 cm³/mol. The standard InChI is InChI=1S/C14H12N4O4/c1-8-13-11(15-16(2)14(13)20)7-12(19)17(8)9-3-5-10(6-4-9)18(21)22/h3-7,15H,1-2H3. The molecule has 1 N–H and O–H groups in total. The second kappa shape index (κ2) is 4.69. The lowest BCUT2D eigenvalue weighted by Gasteiger charge is -2.09. The zero-order valence-electron chi connectivity index (χ0n) is 11.9. The van der Waals surface area contributed by atoms with Crippen LogP contribution in [0.1, 0.15) is 5.69 Å². The van der Waals surface area contributed by atoms with E-state index in [1.54, 1.807) is 14.0 Å². The zero-order valence-corrected chi connectivity index (χ0v) is 11.9. The van der Waals surface area contributed by atoms with Crippen LogP contribution in [0.15, 0.2) is 39.9 Å². The lowest BCUT2D eigenvalue weighted by molar-refractivity contribution is -0.384. The third-order valence-electron chi connectivity index (χ3n) is 3.58. The van der Waals surface area contributed by atoms with Gasteiger partial charge in [-0.05, 0) is 19.1 Å². The average molecular weight is 300 g/mol. The van der Waals surface area contributed by atoms with E-state index in [2.05, 4.69) is 5.10 Å². The van der Waals surface area contributed by atoms with Crippen molar-refractivity contribution in [2.75, 3.05) is 0 Å². The third-order valence-corrected chi connectivity index (χ3v) is 3.58. The van der Waals surface area contributed by atoms with Gasteiger partial charge in [-0.15, -0.1) is 0 Å². The maximum absolute atomic E-state index is 12.3. The van der Waals surface area contributed by atoms with E-state index in [0.29, 0.717) is 22.3 Å². The number of aryl methyl sites for hydroxylation is 2. The molecule has 2 aromatic heterocycles. The number of aromatic nitrogens is 3. The summed E-state index contributed by atoms with van der Waals surface area (Å²) in [5, 5.41) is 13.9. The normalized spacial score (nSPS) is 11.0. The number of non-ortho nitro benzene ring substituents is 1. The van der Waals surface area contributed by atoms with Gasteiger partial charge in [-0.3, -0.25) is 34.1 Å². The van der Waals surface area contributed by atoms with Crippen molar-refractivity contribution < 1.29 is 4.92 Å². The number of hydrogen-bond donors (Lipinski definition) is 1. The summed E-state index contributed by atoms with van der Waals surface area (Å²) < 4.78 is 2.67. The number of nitrogens with zero attached hydrogens (tertiary/aromatic N) is 3. The molecule has 22 heavy (non-hydrogen) atoms. The van der Waals surface area contributed by atoms with Crippen LogP contribution in [0.2, 0.25) is 0 Å². The van der Waals surface area contributed by atoms with Gasteiger partial charge in [0.1, 0.15) is 0 Å². The van der Waals surface area contributed by atoms with Gasteiger partial charge in [0.2, 0.25) is 0 Å². The van der Waals surface area contributed by atoms with E-state index in [-0.39, 0.29) is 16.8 Å². The Labute approximate surface area is 123 Å². The third kappa shape index (κ3) is 1.93. The highest BCUT2D eigenvalue weighted by molar-refractivity contribution is 5.80. The molecule has 8 nitrogen and oxygen atoms in total. The zero-order chi connectivity index (χ0) is 16.0. The Morgan fingerprint density at radius 1 is 1.18 bits per heavy atom. The van der Waals surface area contributed by atoms with Crippen molar-refractivity contribution in [2.24, 2.45) is 7.05 Å². The molecule has 0 fully saturated rings. The van der Waals surface area contributed by atoms with Crippen molar-refractivity contribution in [3.8, 4) is 5.69 Å². The van der Waals surface area contributed by atoms with Crippen molar-refractivity contribution in [1.29, 1.82) is 0 Å². The van der Waals surface area contributed by atoms with Crippen LogP contribution in [-0.2, 0) is 7.05 Å². The number of nitro benzene ring substituents is 1. The second-order valence-electron chi connectivity index (χ2n) is 4.94. The Morgan fingerprint density at radius 3 is 2.41 bits per heavy atom. The first-order valence-electron chi connectivity index (χ1n) is 6.46. The van der Waals surface area contributed by atoms with Crippen molar-refractivity contribution >= 4 is 16.6 Å². The Kier molecular flexibility index (Phi) is 2.94. The minimum absolute atomic E-state index is 0.0620. The van der Waals surface area contributed by atoms with Crippen molar-refractivity contribution in [3.05, 3.63) is 66.8 Å². The molecule has 0 saturated carbocycles. The number of hydrogen-bond acceptors (Lipinski definition) is 4. The number of H-pyrrole nitrogens is 1. The molecular weight excluding hydrogens is 288 g/mol. The SMILES string of the molecule is Cc1c2c(=O)n(C)[nH]c2cc(=O)n1-c1ccc([N+](=O)[O-])cc1. The second-order valence-corrected chi connectivity index (χ2v) is 4.94. The molecule has 3 rings (SSSR count). The van der Waals surface area contributed by atoms with Gasteiger partial charge in [-0.1, -0.05) is 0 Å². The van der Waals surface area contributed by atoms with E-state index in [9.17, 15) is 19.7 Å². The maximum atomic E-state index is 12.3. The molecule has 0 aliphatic rings. The molecule has 3 aromatic rings. The van der Waals surface area contributed by atoms with Gasteiger partial charge < -0.3 is 0 Å². The van der Waals surface area contributed by atoms with Crippen LogP contribution in [0, 0.1) is 17.0 Å². The van der Waals surface area contributed by atoms with Gasteiger partial charge in [-0.2, -0.15) is 0 Å². The molecule has 0 aliphatic heterocycles. The summed E-state index contributed by atoms with van der Waals surface area (Å²) in [5.74, 6) is 0. The van der Waals surface area contributed by atoms with Crippen LogP contribution in [0.25, 0.3) is 16.6 Å². The van der Waals surface area contributed by atoms with E-state index in [0.717, 1.165) is 0 Å². The molecule has 2 heterocycles. The van der Waals surface area contributed by atoms with Gasteiger partial charge >= 0.3 is 0 Å². The number of rotatable bonds is 2. The molecule has 0 amide bonds. The predicted octanol–water partition coefficient (Wildman–Crippen LogP) is 1.23. The number of nitrogens with one attached hydrogen (secondary N) is 1. The summed E-state index contributed by atoms with van der Waals surface area (Å²) in [5.41, 5.74) is 0.807. The average Bonchev–Trinajstić information content (AvgIpc) is 2.74. The molecule has 112 valence electrons. The van der Waals surface area contributed by atoms with E-state index in [4.69, 9.17) is 0 Å². The number of pyridine rings is 1. The van der Waals surface area contributed by atoms with Gasteiger partial charge in [-0.25, -0.2) is 0 Å². The van der Waals surface area contributed by atoms with Crippen molar-refractivity contribution in [2.45, 2.75) is 6.92 Å². The summed E-state index contributed by atoms with van der Waals surface area (Å²) in [4.78, 5) is 34.6. The fourth-order valence-electron chi connectivity index (χ4n) is 2.53. The van der Waals surface area contributed by atoms with E-state index >= 15 is 0 Å². The van der Waals surface area contributed by atoms with E-state index < -0.39 is 4.92 Å². The highest BCUT2D eigenvalue weighted by Crippen LogP contribution is 2.18. The molecule has 0 spiro atoms. The molecule has 0 radical (unpaired) electrons. The fraction of sp³-hybridized carbons (Fsp3) is 0.143. The van der Waals surface area contributed by atoms with E-state index in [1.165, 1.54) is 39.6 Å². The number of benzene rings is 1. The van der Waals surface area contributed by atoms with Gasteiger partial charge in [0.05, 0.1) is 15.8 Å². The number of nitro groups is 1. The molecule has 1 aromatic carbocycles. The Morgan fingerprint density at radius 2 is 1.82 bits per heavy atom. The minimum Gasteiger partial charge on any atom is -0.295 e. The Balaban J connectivity index is 2.31. The van der Waals surface area contributed by atoms with Crippen LogP contribution >= 0.6 is 0 Å². The van der Waals surface area contributed by atoms with Gasteiger partial charge in [0.25, 0.3) is 16.8 Å². The summed E-state index contributed by atoms with van der Waals surface area (Å²) in [7, 11) is 1.57. The van der Waals surface area contributed by atoms with Crippen LogP contribution in [0.5, 0.6) is 0 Å². The monoisotopic (exact) mass is 300 g/mol. The van der Waals surface area contributed by atoms with Gasteiger partial charge in [0, 0.05) is 36.6 Å². The van der Waals surface area contributed by atoms with Crippen LogP contribution in [0.4, 0.5) is 5.69 Å². The summed E-state index contributed by atoms with van der Waals surface area (Å²) in [6.45, 7) is 1.67. The molecule has 0 unspecified atom stereocenters. The van der Waals surface area contributed by atoms with Crippen molar-refractivity contribution in [1.82, 2.24) is 14.3 Å².